The van der Waals surface area contributed by atoms with Crippen LogP contribution in [0.4, 0.5) is 0 Å². The van der Waals surface area contributed by atoms with Gasteiger partial charge in [0.05, 0.1) is 5.41 Å². The van der Waals surface area contributed by atoms with Gasteiger partial charge in [0.2, 0.25) is 0 Å². The van der Waals surface area contributed by atoms with Crippen molar-refractivity contribution in [2.75, 3.05) is 0 Å². The van der Waals surface area contributed by atoms with Gasteiger partial charge in [-0.05, 0) is 89.9 Å². The molecule has 0 aromatic heterocycles. The summed E-state index contributed by atoms with van der Waals surface area (Å²) in [5.41, 5.74) is -0.374. The average molecular weight is 306 g/mol. The zero-order valence-corrected chi connectivity index (χ0v) is 15.2. The van der Waals surface area contributed by atoms with Gasteiger partial charge in [0.25, 0.3) is 0 Å². The van der Waals surface area contributed by atoms with Gasteiger partial charge in [0.15, 0.2) is 0 Å². The molecule has 4 aliphatic carbocycles. The number of ether oxygens (including phenoxy) is 1. The van der Waals surface area contributed by atoms with Crippen LogP contribution in [-0.2, 0) is 9.53 Å². The van der Waals surface area contributed by atoms with Crippen molar-refractivity contribution in [3.63, 3.8) is 0 Å². The second-order valence-electron chi connectivity index (χ2n) is 9.41. The third-order valence-electron chi connectivity index (χ3n) is 7.59. The fourth-order valence-electron chi connectivity index (χ4n) is 5.80. The van der Waals surface area contributed by atoms with Crippen molar-refractivity contribution in [1.82, 2.24) is 0 Å². The Morgan fingerprint density at radius 3 is 1.77 bits per heavy atom. The highest BCUT2D eigenvalue weighted by molar-refractivity contribution is 5.76. The van der Waals surface area contributed by atoms with Gasteiger partial charge in [-0.25, -0.2) is 0 Å². The van der Waals surface area contributed by atoms with Crippen LogP contribution >= 0.6 is 0 Å². The molecule has 0 N–H and O–H groups in total. The SMILES string of the molecule is CCC(C)(C)C(=O)OC(C)(CC)C12CC3CC(CC(C3)C1)C2. The van der Waals surface area contributed by atoms with E-state index in [2.05, 4.69) is 20.8 Å². The second-order valence-corrected chi connectivity index (χ2v) is 9.41. The van der Waals surface area contributed by atoms with Gasteiger partial charge in [-0.1, -0.05) is 13.8 Å². The summed E-state index contributed by atoms with van der Waals surface area (Å²) in [6, 6.07) is 0. The monoisotopic (exact) mass is 306 g/mol. The molecule has 4 saturated carbocycles. The Hall–Kier alpha value is -0.530. The van der Waals surface area contributed by atoms with Crippen molar-refractivity contribution in [3.8, 4) is 0 Å². The Kier molecular flexibility index (Phi) is 3.89. The lowest BCUT2D eigenvalue weighted by molar-refractivity contribution is -0.212. The molecule has 4 bridgehead atoms. The first-order valence-electron chi connectivity index (χ1n) is 9.47. The summed E-state index contributed by atoms with van der Waals surface area (Å²) in [7, 11) is 0. The standard InChI is InChI=1S/C20H34O2/c1-6-18(3,4)17(21)22-19(5,7-2)20-11-14-8-15(12-20)10-16(9-14)13-20/h14-16H,6-13H2,1-5H3. The first-order valence-corrected chi connectivity index (χ1v) is 9.47. The number of carbonyl (C=O) groups is 1. The highest BCUT2D eigenvalue weighted by Crippen LogP contribution is 2.65. The van der Waals surface area contributed by atoms with E-state index in [9.17, 15) is 4.79 Å². The quantitative estimate of drug-likeness (QED) is 0.640. The molecular formula is C20H34O2. The molecule has 0 saturated heterocycles. The Morgan fingerprint density at radius 2 is 1.41 bits per heavy atom. The second kappa shape index (κ2) is 5.24. The maximum atomic E-state index is 12.7. The molecule has 1 unspecified atom stereocenters. The molecule has 2 nitrogen and oxygen atoms in total. The molecule has 4 fully saturated rings. The van der Waals surface area contributed by atoms with Crippen molar-refractivity contribution in [3.05, 3.63) is 0 Å². The van der Waals surface area contributed by atoms with Crippen LogP contribution in [0.5, 0.6) is 0 Å². The van der Waals surface area contributed by atoms with Gasteiger partial charge in [0, 0.05) is 5.41 Å². The zero-order chi connectivity index (χ0) is 16.2. The maximum Gasteiger partial charge on any atom is 0.312 e. The van der Waals surface area contributed by atoms with Crippen LogP contribution < -0.4 is 0 Å². The fourth-order valence-corrected chi connectivity index (χ4v) is 5.80. The van der Waals surface area contributed by atoms with Crippen molar-refractivity contribution in [2.24, 2.45) is 28.6 Å². The fraction of sp³-hybridized carbons (Fsp3) is 0.950. The molecule has 4 rings (SSSR count). The van der Waals surface area contributed by atoms with Crippen LogP contribution in [0, 0.1) is 28.6 Å². The van der Waals surface area contributed by atoms with Crippen molar-refractivity contribution >= 4 is 5.97 Å². The van der Waals surface area contributed by atoms with E-state index in [0.29, 0.717) is 0 Å². The molecule has 0 heterocycles. The van der Waals surface area contributed by atoms with Crippen molar-refractivity contribution in [2.45, 2.75) is 91.6 Å². The average Bonchev–Trinajstić information content (AvgIpc) is 2.45. The predicted octanol–water partition coefficient (Wildman–Crippen LogP) is 5.35. The summed E-state index contributed by atoms with van der Waals surface area (Å²) in [5.74, 6) is 2.70. The number of hydrogen-bond acceptors (Lipinski definition) is 2. The number of carbonyl (C=O) groups excluding carboxylic acids is 1. The summed E-state index contributed by atoms with van der Waals surface area (Å²) in [5, 5.41) is 0. The third kappa shape index (κ3) is 2.41. The minimum absolute atomic E-state index is 0.00935. The van der Waals surface area contributed by atoms with E-state index in [4.69, 9.17) is 4.74 Å². The smallest absolute Gasteiger partial charge is 0.312 e. The topological polar surface area (TPSA) is 26.3 Å². The number of hydrogen-bond donors (Lipinski definition) is 0. The van der Waals surface area contributed by atoms with Gasteiger partial charge < -0.3 is 4.74 Å². The van der Waals surface area contributed by atoms with Crippen LogP contribution in [0.15, 0.2) is 0 Å². The third-order valence-corrected chi connectivity index (χ3v) is 7.59. The molecule has 0 spiro atoms. The summed E-state index contributed by atoms with van der Waals surface area (Å²) in [6.07, 6.45) is 9.99. The number of rotatable bonds is 5. The van der Waals surface area contributed by atoms with Crippen LogP contribution in [0.1, 0.15) is 86.0 Å². The highest BCUT2D eigenvalue weighted by Gasteiger charge is 2.60. The molecule has 0 amide bonds. The van der Waals surface area contributed by atoms with Gasteiger partial charge in [0.1, 0.15) is 5.60 Å². The van der Waals surface area contributed by atoms with Gasteiger partial charge in [-0.2, -0.15) is 0 Å². The molecule has 0 aromatic carbocycles. The molecular weight excluding hydrogens is 272 g/mol. The lowest BCUT2D eigenvalue weighted by atomic mass is 9.45. The van der Waals surface area contributed by atoms with Crippen LogP contribution in [0.3, 0.4) is 0 Å². The first-order chi connectivity index (χ1) is 10.2. The van der Waals surface area contributed by atoms with Crippen molar-refractivity contribution < 1.29 is 9.53 Å². The summed E-state index contributed by atoms with van der Waals surface area (Å²) in [4.78, 5) is 12.7. The minimum atomic E-state index is -0.362. The van der Waals surface area contributed by atoms with Crippen LogP contribution in [0.25, 0.3) is 0 Å². The van der Waals surface area contributed by atoms with Gasteiger partial charge in [-0.3, -0.25) is 4.79 Å². The summed E-state index contributed by atoms with van der Waals surface area (Å²) >= 11 is 0. The molecule has 22 heavy (non-hydrogen) atoms. The van der Waals surface area contributed by atoms with Crippen LogP contribution in [-0.4, -0.2) is 11.6 Å². The lowest BCUT2D eigenvalue weighted by Crippen LogP contribution is -2.59. The Morgan fingerprint density at radius 1 is 0.955 bits per heavy atom. The molecule has 126 valence electrons. The Labute approximate surface area is 136 Å². The highest BCUT2D eigenvalue weighted by atomic mass is 16.6. The largest absolute Gasteiger partial charge is 0.458 e. The van der Waals surface area contributed by atoms with E-state index in [0.717, 1.165) is 30.6 Å². The van der Waals surface area contributed by atoms with E-state index in [1.807, 2.05) is 13.8 Å². The predicted molar refractivity (Wildman–Crippen MR) is 89.5 cm³/mol. The minimum Gasteiger partial charge on any atom is -0.458 e. The van der Waals surface area contributed by atoms with Gasteiger partial charge >= 0.3 is 5.97 Å². The van der Waals surface area contributed by atoms with Crippen molar-refractivity contribution in [1.29, 1.82) is 0 Å². The normalized spacial score (nSPS) is 39.6. The van der Waals surface area contributed by atoms with E-state index >= 15 is 0 Å². The summed E-state index contributed by atoms with van der Waals surface area (Å²) in [6.45, 7) is 10.6. The van der Waals surface area contributed by atoms with E-state index in [1.165, 1.54) is 38.5 Å². The van der Waals surface area contributed by atoms with E-state index in [-0.39, 0.29) is 22.4 Å². The van der Waals surface area contributed by atoms with E-state index < -0.39 is 0 Å². The maximum absolute atomic E-state index is 12.7. The molecule has 0 radical (unpaired) electrons. The zero-order valence-electron chi connectivity index (χ0n) is 15.2. The van der Waals surface area contributed by atoms with E-state index in [1.54, 1.807) is 0 Å². The molecule has 0 aliphatic heterocycles. The Bertz CT molecular complexity index is 415. The molecule has 0 aromatic rings. The summed E-state index contributed by atoms with van der Waals surface area (Å²) < 4.78 is 6.29. The number of esters is 1. The van der Waals surface area contributed by atoms with Gasteiger partial charge in [-0.15, -0.1) is 0 Å². The molecule has 4 aliphatic rings. The Balaban J connectivity index is 1.85. The lowest BCUT2D eigenvalue weighted by Gasteiger charge is -2.62. The molecule has 2 heteroatoms. The first kappa shape index (κ1) is 16.3. The van der Waals surface area contributed by atoms with Crippen LogP contribution in [0.2, 0.25) is 0 Å². The molecule has 1 atom stereocenters.